The molecular formula is C8H7Br2N5O2S. The Balaban J connectivity index is 2.39. The highest BCUT2D eigenvalue weighted by Gasteiger charge is 2.24. The van der Waals surface area contributed by atoms with Gasteiger partial charge in [0.05, 0.1) is 0 Å². The average Bonchev–Trinajstić information content (AvgIpc) is 2.58. The fraction of sp³-hybridized carbons (Fsp3) is 0.125. The minimum absolute atomic E-state index is 0.0655. The maximum atomic E-state index is 12.1. The summed E-state index contributed by atoms with van der Waals surface area (Å²) in [5, 5.41) is 7.17. The van der Waals surface area contributed by atoms with Gasteiger partial charge in [-0.3, -0.25) is 4.72 Å². The van der Waals surface area contributed by atoms with E-state index in [9.17, 15) is 8.42 Å². The lowest BCUT2D eigenvalue weighted by atomic mass is 10.5. The summed E-state index contributed by atoms with van der Waals surface area (Å²) in [5.74, 6) is 0.206. The molecular weight excluding hydrogens is 390 g/mol. The van der Waals surface area contributed by atoms with Crippen LogP contribution in [0.2, 0.25) is 0 Å². The Bertz CT molecular complexity index is 665. The molecule has 0 amide bonds. The number of rotatable bonds is 3. The third-order valence-corrected chi connectivity index (χ3v) is 4.63. The number of pyridine rings is 1. The molecule has 0 spiro atoms. The summed E-state index contributed by atoms with van der Waals surface area (Å²) in [6.45, 7) is 0. The van der Waals surface area contributed by atoms with Crippen molar-refractivity contribution in [3.05, 3.63) is 27.4 Å². The van der Waals surface area contributed by atoms with Gasteiger partial charge in [-0.25, -0.2) is 9.67 Å². The molecule has 10 heteroatoms. The van der Waals surface area contributed by atoms with E-state index in [1.807, 2.05) is 0 Å². The van der Waals surface area contributed by atoms with Crippen molar-refractivity contribution in [2.24, 2.45) is 7.05 Å². The molecule has 2 aromatic rings. The highest BCUT2D eigenvalue weighted by Crippen LogP contribution is 2.21. The molecule has 96 valence electrons. The molecule has 2 heterocycles. The molecule has 18 heavy (non-hydrogen) atoms. The van der Waals surface area contributed by atoms with Crippen molar-refractivity contribution in [3.63, 3.8) is 0 Å². The van der Waals surface area contributed by atoms with E-state index in [0.717, 1.165) is 4.68 Å². The second kappa shape index (κ2) is 4.94. The van der Waals surface area contributed by atoms with Gasteiger partial charge in [0.25, 0.3) is 10.0 Å². The summed E-state index contributed by atoms with van der Waals surface area (Å²) >= 11 is 6.20. The normalized spacial score (nSPS) is 11.5. The summed E-state index contributed by atoms with van der Waals surface area (Å²) in [6, 6.07) is 4.91. The van der Waals surface area contributed by atoms with Crippen molar-refractivity contribution in [2.75, 3.05) is 4.72 Å². The van der Waals surface area contributed by atoms with Crippen LogP contribution in [0.3, 0.4) is 0 Å². The number of halogens is 2. The zero-order chi connectivity index (χ0) is 13.3. The van der Waals surface area contributed by atoms with Crippen LogP contribution in [0.1, 0.15) is 0 Å². The molecule has 0 fully saturated rings. The molecule has 2 aromatic heterocycles. The Morgan fingerprint density at radius 2 is 2.06 bits per heavy atom. The molecule has 2 rings (SSSR count). The first-order valence-corrected chi connectivity index (χ1v) is 7.67. The molecule has 0 saturated heterocycles. The number of hydrogen-bond donors (Lipinski definition) is 1. The first kappa shape index (κ1) is 13.4. The summed E-state index contributed by atoms with van der Waals surface area (Å²) < 4.78 is 28.4. The third kappa shape index (κ3) is 2.70. The highest BCUT2D eigenvalue weighted by atomic mass is 79.9. The fourth-order valence-electron chi connectivity index (χ4n) is 1.26. The molecule has 1 N–H and O–H groups in total. The minimum Gasteiger partial charge on any atom is -0.262 e. The van der Waals surface area contributed by atoms with Crippen LogP contribution in [-0.2, 0) is 17.1 Å². The quantitative estimate of drug-likeness (QED) is 0.794. The van der Waals surface area contributed by atoms with Crippen molar-refractivity contribution in [1.29, 1.82) is 0 Å². The summed E-state index contributed by atoms with van der Waals surface area (Å²) in [4.78, 5) is 3.99. The summed E-state index contributed by atoms with van der Waals surface area (Å²) in [7, 11) is -2.30. The van der Waals surface area contributed by atoms with Crippen LogP contribution in [-0.4, -0.2) is 28.4 Å². The van der Waals surface area contributed by atoms with Crippen LogP contribution >= 0.6 is 31.9 Å². The minimum atomic E-state index is -3.79. The van der Waals surface area contributed by atoms with Gasteiger partial charge in [-0.15, -0.1) is 5.10 Å². The van der Waals surface area contributed by atoms with Gasteiger partial charge in [0.2, 0.25) is 5.03 Å². The second-order valence-corrected chi connectivity index (χ2v) is 6.42. The average molecular weight is 397 g/mol. The molecule has 0 unspecified atom stereocenters. The molecule has 0 aliphatic carbocycles. The Kier molecular flexibility index (Phi) is 3.69. The molecule has 7 nitrogen and oxygen atoms in total. The highest BCUT2D eigenvalue weighted by molar-refractivity contribution is 9.10. The van der Waals surface area contributed by atoms with Crippen molar-refractivity contribution < 1.29 is 8.42 Å². The van der Waals surface area contributed by atoms with Crippen LogP contribution in [0.5, 0.6) is 0 Å². The van der Waals surface area contributed by atoms with Gasteiger partial charge in [0.15, 0.2) is 4.60 Å². The van der Waals surface area contributed by atoms with Crippen molar-refractivity contribution >= 4 is 47.7 Å². The largest absolute Gasteiger partial charge is 0.283 e. The Labute approximate surface area is 120 Å². The van der Waals surface area contributed by atoms with Gasteiger partial charge >= 0.3 is 0 Å². The number of aryl methyl sites for hydroxylation is 1. The van der Waals surface area contributed by atoms with E-state index in [1.54, 1.807) is 18.2 Å². The molecule has 0 aliphatic heterocycles. The van der Waals surface area contributed by atoms with Gasteiger partial charge in [-0.05, 0) is 44.0 Å². The fourth-order valence-corrected chi connectivity index (χ4v) is 3.70. The first-order valence-electron chi connectivity index (χ1n) is 4.61. The summed E-state index contributed by atoms with van der Waals surface area (Å²) in [5.41, 5.74) is 0. The van der Waals surface area contributed by atoms with E-state index in [-0.39, 0.29) is 15.4 Å². The van der Waals surface area contributed by atoms with Gasteiger partial charge in [-0.2, -0.15) is 8.42 Å². The van der Waals surface area contributed by atoms with E-state index in [2.05, 4.69) is 51.9 Å². The number of nitrogens with one attached hydrogen (secondary N) is 1. The number of anilines is 1. The Morgan fingerprint density at radius 1 is 1.33 bits per heavy atom. The van der Waals surface area contributed by atoms with Crippen LogP contribution < -0.4 is 4.72 Å². The maximum absolute atomic E-state index is 12.1. The van der Waals surface area contributed by atoms with Gasteiger partial charge < -0.3 is 0 Å². The molecule has 0 saturated carbocycles. The van der Waals surface area contributed by atoms with E-state index in [1.165, 1.54) is 7.05 Å². The predicted octanol–water partition coefficient (Wildman–Crippen LogP) is 1.54. The molecule has 0 atom stereocenters. The molecule has 0 radical (unpaired) electrons. The lowest BCUT2D eigenvalue weighted by Crippen LogP contribution is -2.17. The SMILES string of the molecule is Cn1nnc(Br)c1S(=O)(=O)Nc1cccc(Br)n1. The number of aromatic nitrogens is 4. The zero-order valence-electron chi connectivity index (χ0n) is 9.00. The lowest BCUT2D eigenvalue weighted by Gasteiger charge is -2.07. The Hall–Kier alpha value is -1.000. The smallest absolute Gasteiger partial charge is 0.262 e. The summed E-state index contributed by atoms with van der Waals surface area (Å²) in [6.07, 6.45) is 0. The van der Waals surface area contributed by atoms with Crippen LogP contribution in [0.4, 0.5) is 5.82 Å². The molecule has 0 aliphatic rings. The van der Waals surface area contributed by atoms with Crippen molar-refractivity contribution in [2.45, 2.75) is 5.03 Å². The van der Waals surface area contributed by atoms with Gasteiger partial charge in [0.1, 0.15) is 10.4 Å². The number of sulfonamides is 1. The predicted molar refractivity (Wildman–Crippen MR) is 71.4 cm³/mol. The topological polar surface area (TPSA) is 89.8 Å². The first-order chi connectivity index (χ1) is 8.40. The van der Waals surface area contributed by atoms with Gasteiger partial charge in [-0.1, -0.05) is 11.3 Å². The number of nitrogens with zero attached hydrogens (tertiary/aromatic N) is 4. The Morgan fingerprint density at radius 3 is 2.61 bits per heavy atom. The van der Waals surface area contributed by atoms with Gasteiger partial charge in [0, 0.05) is 7.05 Å². The van der Waals surface area contributed by atoms with Crippen molar-refractivity contribution in [1.82, 2.24) is 20.0 Å². The van der Waals surface area contributed by atoms with Crippen LogP contribution in [0.25, 0.3) is 0 Å². The third-order valence-electron chi connectivity index (χ3n) is 1.95. The van der Waals surface area contributed by atoms with E-state index in [4.69, 9.17) is 0 Å². The maximum Gasteiger partial charge on any atom is 0.283 e. The van der Waals surface area contributed by atoms with Crippen LogP contribution in [0, 0.1) is 0 Å². The standard InChI is InChI=1S/C8H7Br2N5O2S/c1-15-8(7(10)12-14-15)18(16,17)13-6-4-2-3-5(9)11-6/h2-4H,1H3,(H,11,13). The lowest BCUT2D eigenvalue weighted by molar-refractivity contribution is 0.578. The molecule has 0 bridgehead atoms. The van der Waals surface area contributed by atoms with E-state index < -0.39 is 10.0 Å². The number of hydrogen-bond acceptors (Lipinski definition) is 5. The monoisotopic (exact) mass is 395 g/mol. The second-order valence-electron chi connectivity index (χ2n) is 3.26. The van der Waals surface area contributed by atoms with Crippen LogP contribution in [0.15, 0.2) is 32.4 Å². The van der Waals surface area contributed by atoms with E-state index >= 15 is 0 Å². The molecule has 0 aromatic carbocycles. The van der Waals surface area contributed by atoms with Crippen molar-refractivity contribution in [3.8, 4) is 0 Å². The van der Waals surface area contributed by atoms with E-state index in [0.29, 0.717) is 4.60 Å². The zero-order valence-corrected chi connectivity index (χ0v) is 13.0.